The Bertz CT molecular complexity index is 217. The molecule has 0 radical (unpaired) electrons. The largest absolute Gasteiger partial charge is 0.466 e. The van der Waals surface area contributed by atoms with E-state index in [0.29, 0.717) is 0 Å². The number of halogens is 3. The lowest BCUT2D eigenvalue weighted by Gasteiger charge is -2.19. The van der Waals surface area contributed by atoms with Crippen molar-refractivity contribution in [3.05, 3.63) is 0 Å². The van der Waals surface area contributed by atoms with Crippen molar-refractivity contribution in [3.8, 4) is 0 Å². The lowest BCUT2D eigenvalue weighted by molar-refractivity contribution is -0.189. The molecule has 14 heavy (non-hydrogen) atoms. The minimum Gasteiger partial charge on any atom is -0.466 e. The number of carbonyl (C=O) groups excluding carboxylic acids is 1. The fourth-order valence-corrected chi connectivity index (χ4v) is 1.52. The molecular weight excluding hydrogens is 199 g/mol. The van der Waals surface area contributed by atoms with E-state index in [2.05, 4.69) is 10.1 Å². The summed E-state index contributed by atoms with van der Waals surface area (Å²) in [5, 5.41) is 2.55. The number of esters is 1. The first kappa shape index (κ1) is 11.3. The molecule has 1 saturated heterocycles. The molecule has 0 aliphatic carbocycles. The Morgan fingerprint density at radius 1 is 1.50 bits per heavy atom. The second-order valence-electron chi connectivity index (χ2n) is 3.16. The normalized spacial score (nSPS) is 27.7. The van der Waals surface area contributed by atoms with E-state index >= 15 is 0 Å². The number of ether oxygens (including phenoxy) is 1. The Balaban J connectivity index is 2.64. The average Bonchev–Trinajstić information content (AvgIpc) is 2.50. The van der Waals surface area contributed by atoms with Gasteiger partial charge < -0.3 is 10.1 Å². The highest BCUT2D eigenvalue weighted by Gasteiger charge is 2.50. The smallest absolute Gasteiger partial charge is 0.393 e. The molecule has 0 aromatic carbocycles. The summed E-state index contributed by atoms with van der Waals surface area (Å²) in [5.41, 5.74) is 0. The molecule has 1 aliphatic heterocycles. The van der Waals surface area contributed by atoms with Gasteiger partial charge >= 0.3 is 12.1 Å². The van der Waals surface area contributed by atoms with Crippen LogP contribution in [0.25, 0.3) is 0 Å². The monoisotopic (exact) mass is 211 g/mol. The van der Waals surface area contributed by atoms with Crippen molar-refractivity contribution in [1.29, 1.82) is 0 Å². The van der Waals surface area contributed by atoms with Gasteiger partial charge in [-0.05, 0) is 6.92 Å². The van der Waals surface area contributed by atoms with Gasteiger partial charge in [0.2, 0.25) is 0 Å². The first-order chi connectivity index (χ1) is 6.46. The number of carbonyl (C=O) groups is 1. The topological polar surface area (TPSA) is 38.3 Å². The summed E-state index contributed by atoms with van der Waals surface area (Å²) in [6.45, 7) is 1.53. The molecule has 0 aromatic heterocycles. The van der Waals surface area contributed by atoms with Crippen LogP contribution in [-0.4, -0.2) is 31.8 Å². The second kappa shape index (κ2) is 4.16. The Hall–Kier alpha value is -0.780. The predicted octanol–water partition coefficient (Wildman–Crippen LogP) is 0.947. The van der Waals surface area contributed by atoms with Gasteiger partial charge in [0.1, 0.15) is 0 Å². The van der Waals surface area contributed by atoms with Crippen LogP contribution in [0.2, 0.25) is 0 Å². The van der Waals surface area contributed by atoms with Crippen LogP contribution in [0.1, 0.15) is 6.92 Å². The van der Waals surface area contributed by atoms with Gasteiger partial charge in [-0.25, -0.2) is 0 Å². The molecule has 1 N–H and O–H groups in total. The lowest BCUT2D eigenvalue weighted by atomic mass is 9.96. The first-order valence-corrected chi connectivity index (χ1v) is 4.41. The van der Waals surface area contributed by atoms with Gasteiger partial charge in [-0.3, -0.25) is 4.79 Å². The molecule has 82 valence electrons. The molecule has 0 aromatic rings. The Morgan fingerprint density at radius 2 is 2.14 bits per heavy atom. The number of hydrogen-bond acceptors (Lipinski definition) is 3. The van der Waals surface area contributed by atoms with Crippen LogP contribution < -0.4 is 5.32 Å². The van der Waals surface area contributed by atoms with Crippen molar-refractivity contribution in [3.63, 3.8) is 0 Å². The van der Waals surface area contributed by atoms with E-state index in [1.54, 1.807) is 6.92 Å². The summed E-state index contributed by atoms with van der Waals surface area (Å²) < 4.78 is 41.7. The fraction of sp³-hybridized carbons (Fsp3) is 0.875. The summed E-state index contributed by atoms with van der Waals surface area (Å²) in [5.74, 6) is -3.46. The maximum atomic E-state index is 12.4. The van der Waals surface area contributed by atoms with Crippen LogP contribution in [0.15, 0.2) is 0 Å². The highest BCUT2D eigenvalue weighted by molar-refractivity contribution is 5.73. The predicted molar refractivity (Wildman–Crippen MR) is 42.5 cm³/mol. The second-order valence-corrected chi connectivity index (χ2v) is 3.16. The van der Waals surface area contributed by atoms with Crippen molar-refractivity contribution < 1.29 is 22.7 Å². The highest BCUT2D eigenvalue weighted by Crippen LogP contribution is 2.34. The van der Waals surface area contributed by atoms with Gasteiger partial charge in [-0.15, -0.1) is 0 Å². The summed E-state index contributed by atoms with van der Waals surface area (Å²) in [6, 6.07) is 0. The van der Waals surface area contributed by atoms with Gasteiger partial charge in [0.25, 0.3) is 0 Å². The molecular formula is C8H12F3NO2. The quantitative estimate of drug-likeness (QED) is 0.691. The average molecular weight is 211 g/mol. The van der Waals surface area contributed by atoms with Crippen LogP contribution in [0.4, 0.5) is 13.2 Å². The maximum Gasteiger partial charge on any atom is 0.393 e. The summed E-state index contributed by atoms with van der Waals surface area (Å²) in [6.07, 6.45) is -4.33. The fourth-order valence-electron chi connectivity index (χ4n) is 1.52. The zero-order chi connectivity index (χ0) is 10.8. The Morgan fingerprint density at radius 3 is 2.64 bits per heavy atom. The molecule has 0 saturated carbocycles. The molecule has 6 heteroatoms. The third-order valence-electron chi connectivity index (χ3n) is 2.22. The van der Waals surface area contributed by atoms with Gasteiger partial charge in [0.05, 0.1) is 18.4 Å². The summed E-state index contributed by atoms with van der Waals surface area (Å²) in [4.78, 5) is 11.1. The van der Waals surface area contributed by atoms with E-state index < -0.39 is 24.0 Å². The maximum absolute atomic E-state index is 12.4. The zero-order valence-corrected chi connectivity index (χ0v) is 7.73. The lowest BCUT2D eigenvalue weighted by Crippen LogP contribution is -2.34. The van der Waals surface area contributed by atoms with E-state index in [0.717, 1.165) is 0 Å². The van der Waals surface area contributed by atoms with Crippen molar-refractivity contribution in [2.24, 2.45) is 11.8 Å². The van der Waals surface area contributed by atoms with Crippen molar-refractivity contribution in [2.75, 3.05) is 19.7 Å². The van der Waals surface area contributed by atoms with E-state index in [1.165, 1.54) is 0 Å². The molecule has 0 spiro atoms. The highest BCUT2D eigenvalue weighted by atomic mass is 19.4. The molecule has 0 bridgehead atoms. The molecule has 3 nitrogen and oxygen atoms in total. The van der Waals surface area contributed by atoms with Crippen LogP contribution in [0.3, 0.4) is 0 Å². The standard InChI is InChI=1S/C8H12F3NO2/c1-2-14-7(13)5-3-12-4-6(5)8(9,10)11/h5-6,12H,2-4H2,1H3/t5-,6+/m0/s1. The summed E-state index contributed by atoms with van der Waals surface area (Å²) in [7, 11) is 0. The van der Waals surface area contributed by atoms with Gasteiger partial charge in [0, 0.05) is 13.1 Å². The molecule has 0 amide bonds. The van der Waals surface area contributed by atoms with Crippen molar-refractivity contribution >= 4 is 5.97 Å². The van der Waals surface area contributed by atoms with Crippen molar-refractivity contribution in [2.45, 2.75) is 13.1 Å². The van der Waals surface area contributed by atoms with Crippen LogP contribution in [-0.2, 0) is 9.53 Å². The number of rotatable bonds is 2. The first-order valence-electron chi connectivity index (χ1n) is 4.41. The minimum absolute atomic E-state index is 0.0447. The number of nitrogens with one attached hydrogen (secondary N) is 1. The van der Waals surface area contributed by atoms with E-state index in [1.807, 2.05) is 0 Å². The molecule has 1 fully saturated rings. The molecule has 0 unspecified atom stereocenters. The van der Waals surface area contributed by atoms with E-state index in [-0.39, 0.29) is 19.7 Å². The number of hydrogen-bond donors (Lipinski definition) is 1. The third-order valence-corrected chi connectivity index (χ3v) is 2.22. The Labute approximate surface area is 79.6 Å². The van der Waals surface area contributed by atoms with Gasteiger partial charge in [-0.1, -0.05) is 0 Å². The van der Waals surface area contributed by atoms with Crippen LogP contribution in [0, 0.1) is 11.8 Å². The van der Waals surface area contributed by atoms with E-state index in [9.17, 15) is 18.0 Å². The molecule has 1 rings (SSSR count). The third kappa shape index (κ3) is 2.37. The van der Waals surface area contributed by atoms with Crippen LogP contribution in [0.5, 0.6) is 0 Å². The van der Waals surface area contributed by atoms with Gasteiger partial charge in [-0.2, -0.15) is 13.2 Å². The van der Waals surface area contributed by atoms with Gasteiger partial charge in [0.15, 0.2) is 0 Å². The van der Waals surface area contributed by atoms with Crippen molar-refractivity contribution in [1.82, 2.24) is 5.32 Å². The SMILES string of the molecule is CCOC(=O)[C@H]1CNC[C@H]1C(F)(F)F. The zero-order valence-electron chi connectivity index (χ0n) is 7.73. The molecule has 1 heterocycles. The molecule has 1 aliphatic rings. The summed E-state index contributed by atoms with van der Waals surface area (Å²) >= 11 is 0. The minimum atomic E-state index is -4.33. The molecule has 2 atom stereocenters. The Kier molecular flexibility index (Phi) is 3.36. The van der Waals surface area contributed by atoms with E-state index in [4.69, 9.17) is 0 Å². The number of alkyl halides is 3. The van der Waals surface area contributed by atoms with Crippen LogP contribution >= 0.6 is 0 Å².